The van der Waals surface area contributed by atoms with Crippen LogP contribution in [0.2, 0.25) is 0 Å². The number of phenols is 1. The van der Waals surface area contributed by atoms with E-state index >= 15 is 0 Å². The number of phenolic OH excluding ortho intramolecular Hbond substituents is 1. The van der Waals surface area contributed by atoms with Crippen LogP contribution in [0.4, 0.5) is 0 Å². The summed E-state index contributed by atoms with van der Waals surface area (Å²) in [6.07, 6.45) is 4.78. The summed E-state index contributed by atoms with van der Waals surface area (Å²) >= 11 is 0. The molecule has 3 heteroatoms. The first-order valence-corrected chi connectivity index (χ1v) is 8.75. The average Bonchev–Trinajstić information content (AvgIpc) is 2.61. The van der Waals surface area contributed by atoms with Crippen molar-refractivity contribution in [2.75, 3.05) is 0 Å². The molecule has 0 spiro atoms. The van der Waals surface area contributed by atoms with Crippen molar-refractivity contribution in [3.63, 3.8) is 0 Å². The van der Waals surface area contributed by atoms with E-state index in [0.29, 0.717) is 5.92 Å². The molecule has 3 aromatic rings. The van der Waals surface area contributed by atoms with E-state index in [1.54, 1.807) is 6.07 Å². The number of aromatic hydroxyl groups is 1. The summed E-state index contributed by atoms with van der Waals surface area (Å²) in [6.45, 7) is 4.44. The van der Waals surface area contributed by atoms with Crippen LogP contribution in [-0.4, -0.2) is 15.3 Å². The Balaban J connectivity index is 2.02. The normalized spacial score (nSPS) is 12.4. The summed E-state index contributed by atoms with van der Waals surface area (Å²) in [7, 11) is 0. The van der Waals surface area contributed by atoms with Gasteiger partial charge in [0.25, 0.3) is 0 Å². The minimum Gasteiger partial charge on any atom is -0.507 e. The Bertz CT molecular complexity index is 829. The van der Waals surface area contributed by atoms with Crippen molar-refractivity contribution in [2.24, 2.45) is 0 Å². The molecule has 0 radical (unpaired) electrons. The van der Waals surface area contributed by atoms with E-state index in [2.05, 4.69) is 30.1 Å². The molecular weight excluding hydrogens is 296 g/mol. The van der Waals surface area contributed by atoms with E-state index in [4.69, 9.17) is 0 Å². The standard InChI is InChI=1S/C21H24N2O/c1-3-4-5-9-15(2)17-11-8-13-20(24)21(17)19-14-16-10-6-7-12-18(16)22-23-19/h6-8,10-15,24H,3-5,9H2,1-2H3. The van der Waals surface area contributed by atoms with Crippen LogP contribution >= 0.6 is 0 Å². The lowest BCUT2D eigenvalue weighted by molar-refractivity contribution is 0.475. The van der Waals surface area contributed by atoms with Crippen LogP contribution in [0, 0.1) is 0 Å². The third-order valence-electron chi connectivity index (χ3n) is 4.60. The second-order valence-corrected chi connectivity index (χ2v) is 6.43. The molecule has 124 valence electrons. The molecule has 0 aliphatic rings. The van der Waals surface area contributed by atoms with Gasteiger partial charge in [-0.15, -0.1) is 10.2 Å². The molecule has 0 saturated carbocycles. The van der Waals surface area contributed by atoms with Crippen molar-refractivity contribution in [2.45, 2.75) is 45.4 Å². The largest absolute Gasteiger partial charge is 0.507 e. The number of aromatic nitrogens is 2. The first kappa shape index (κ1) is 16.4. The van der Waals surface area contributed by atoms with Crippen molar-refractivity contribution in [1.29, 1.82) is 0 Å². The lowest BCUT2D eigenvalue weighted by atomic mass is 9.89. The summed E-state index contributed by atoms with van der Waals surface area (Å²) in [5.41, 5.74) is 3.58. The molecule has 1 heterocycles. The minimum absolute atomic E-state index is 0.277. The molecule has 1 N–H and O–H groups in total. The Labute approximate surface area is 143 Å². The highest BCUT2D eigenvalue weighted by Gasteiger charge is 2.17. The van der Waals surface area contributed by atoms with Crippen molar-refractivity contribution in [3.05, 3.63) is 54.1 Å². The first-order valence-electron chi connectivity index (χ1n) is 8.75. The van der Waals surface area contributed by atoms with E-state index in [-0.39, 0.29) is 5.75 Å². The van der Waals surface area contributed by atoms with Crippen molar-refractivity contribution < 1.29 is 5.11 Å². The van der Waals surface area contributed by atoms with E-state index in [9.17, 15) is 5.11 Å². The quantitative estimate of drug-likeness (QED) is 0.594. The van der Waals surface area contributed by atoms with Gasteiger partial charge in [0.1, 0.15) is 5.75 Å². The van der Waals surface area contributed by atoms with Gasteiger partial charge in [0.15, 0.2) is 0 Å². The third-order valence-corrected chi connectivity index (χ3v) is 4.60. The van der Waals surface area contributed by atoms with Gasteiger partial charge in [-0.05, 0) is 36.1 Å². The highest BCUT2D eigenvalue weighted by atomic mass is 16.3. The molecule has 0 amide bonds. The molecule has 3 rings (SSSR count). The van der Waals surface area contributed by atoms with Crippen LogP contribution in [0.5, 0.6) is 5.75 Å². The fraction of sp³-hybridized carbons (Fsp3) is 0.333. The molecule has 1 atom stereocenters. The Hall–Kier alpha value is -2.42. The first-order chi connectivity index (χ1) is 11.7. The number of fused-ring (bicyclic) bond motifs is 1. The van der Waals surface area contributed by atoms with Gasteiger partial charge in [-0.1, -0.05) is 63.4 Å². The van der Waals surface area contributed by atoms with E-state index in [0.717, 1.165) is 34.1 Å². The van der Waals surface area contributed by atoms with Crippen LogP contribution in [0.15, 0.2) is 48.5 Å². The third kappa shape index (κ3) is 3.40. The molecule has 3 nitrogen and oxygen atoms in total. The highest BCUT2D eigenvalue weighted by Crippen LogP contribution is 2.37. The number of rotatable bonds is 6. The molecular formula is C21H24N2O. The molecule has 24 heavy (non-hydrogen) atoms. The zero-order chi connectivity index (χ0) is 16.9. The summed E-state index contributed by atoms with van der Waals surface area (Å²) in [5, 5.41) is 20.2. The smallest absolute Gasteiger partial charge is 0.125 e. The Morgan fingerprint density at radius 1 is 1.00 bits per heavy atom. The van der Waals surface area contributed by atoms with E-state index in [1.807, 2.05) is 36.4 Å². The van der Waals surface area contributed by atoms with Gasteiger partial charge < -0.3 is 5.11 Å². The van der Waals surface area contributed by atoms with Crippen LogP contribution < -0.4 is 0 Å². The molecule has 1 unspecified atom stereocenters. The fourth-order valence-corrected chi connectivity index (χ4v) is 3.21. The van der Waals surface area contributed by atoms with Crippen molar-refractivity contribution in [3.8, 4) is 17.0 Å². The van der Waals surface area contributed by atoms with Crippen LogP contribution in [0.1, 0.15) is 51.0 Å². The van der Waals surface area contributed by atoms with Gasteiger partial charge in [0.2, 0.25) is 0 Å². The van der Waals surface area contributed by atoms with Crippen LogP contribution in [-0.2, 0) is 0 Å². The second kappa shape index (κ2) is 7.43. The van der Waals surface area contributed by atoms with E-state index < -0.39 is 0 Å². The number of hydrogen-bond acceptors (Lipinski definition) is 3. The molecule has 0 bridgehead atoms. The lowest BCUT2D eigenvalue weighted by Gasteiger charge is -2.17. The maximum absolute atomic E-state index is 10.5. The predicted molar refractivity (Wildman–Crippen MR) is 99.2 cm³/mol. The number of benzene rings is 2. The SMILES string of the molecule is CCCCCC(C)c1cccc(O)c1-c1cc2ccccc2nn1. The number of nitrogens with zero attached hydrogens (tertiary/aromatic N) is 2. The van der Waals surface area contributed by atoms with Gasteiger partial charge >= 0.3 is 0 Å². The van der Waals surface area contributed by atoms with Gasteiger partial charge in [0, 0.05) is 10.9 Å². The van der Waals surface area contributed by atoms with Gasteiger partial charge in [0.05, 0.1) is 11.2 Å². The summed E-state index contributed by atoms with van der Waals surface area (Å²) in [6, 6.07) is 15.7. The second-order valence-electron chi connectivity index (χ2n) is 6.43. The minimum atomic E-state index is 0.277. The maximum Gasteiger partial charge on any atom is 0.125 e. The zero-order valence-electron chi connectivity index (χ0n) is 14.4. The average molecular weight is 320 g/mol. The van der Waals surface area contributed by atoms with E-state index in [1.165, 1.54) is 19.3 Å². The van der Waals surface area contributed by atoms with Crippen LogP contribution in [0.3, 0.4) is 0 Å². The Kier molecular flexibility index (Phi) is 5.09. The van der Waals surface area contributed by atoms with Crippen LogP contribution in [0.25, 0.3) is 22.2 Å². The van der Waals surface area contributed by atoms with Gasteiger partial charge in [-0.25, -0.2) is 0 Å². The van der Waals surface area contributed by atoms with Gasteiger partial charge in [-0.2, -0.15) is 0 Å². The Morgan fingerprint density at radius 2 is 1.83 bits per heavy atom. The fourth-order valence-electron chi connectivity index (χ4n) is 3.21. The zero-order valence-corrected chi connectivity index (χ0v) is 14.4. The van der Waals surface area contributed by atoms with Crippen molar-refractivity contribution in [1.82, 2.24) is 10.2 Å². The predicted octanol–water partition coefficient (Wildman–Crippen LogP) is 5.69. The molecule has 0 saturated heterocycles. The number of unbranched alkanes of at least 4 members (excludes halogenated alkanes) is 2. The van der Waals surface area contributed by atoms with Gasteiger partial charge in [-0.3, -0.25) is 0 Å². The monoisotopic (exact) mass is 320 g/mol. The maximum atomic E-state index is 10.5. The highest BCUT2D eigenvalue weighted by molar-refractivity contribution is 5.83. The summed E-state index contributed by atoms with van der Waals surface area (Å²) in [4.78, 5) is 0. The lowest BCUT2D eigenvalue weighted by Crippen LogP contribution is -1.99. The molecule has 0 aliphatic heterocycles. The summed E-state index contributed by atoms with van der Waals surface area (Å²) < 4.78 is 0. The molecule has 0 aliphatic carbocycles. The summed E-state index contributed by atoms with van der Waals surface area (Å²) in [5.74, 6) is 0.659. The Morgan fingerprint density at radius 3 is 2.67 bits per heavy atom. The molecule has 1 aromatic heterocycles. The molecule has 2 aromatic carbocycles. The molecule has 0 fully saturated rings. The number of hydrogen-bond donors (Lipinski definition) is 1. The van der Waals surface area contributed by atoms with Crippen molar-refractivity contribution >= 4 is 10.9 Å². The topological polar surface area (TPSA) is 46.0 Å².